The van der Waals surface area contributed by atoms with Crippen molar-refractivity contribution in [3.8, 4) is 0 Å². The van der Waals surface area contributed by atoms with E-state index < -0.39 is 46.5 Å². The molecule has 0 saturated heterocycles. The normalized spacial score (nSPS) is 13.4. The van der Waals surface area contributed by atoms with Crippen LogP contribution in [0.15, 0.2) is 97.2 Å². The van der Waals surface area contributed by atoms with E-state index in [0.717, 1.165) is 173 Å². The number of ketones is 2. The zero-order valence-corrected chi connectivity index (χ0v) is 57.9. The van der Waals surface area contributed by atoms with Gasteiger partial charge in [-0.15, -0.1) is 0 Å². The molecule has 0 saturated carbocycles. The molecule has 0 spiro atoms. The van der Waals surface area contributed by atoms with Crippen molar-refractivity contribution in [2.24, 2.45) is 17.1 Å². The van der Waals surface area contributed by atoms with Gasteiger partial charge >= 0.3 is 0 Å². The van der Waals surface area contributed by atoms with E-state index in [1.54, 1.807) is 19.0 Å². The standard InChI is InChI=1S/C79H135N3O6/c1-7-11-15-19-23-27-31-35-39-43-47-51-55-59-63-67-73(83)72(71-81(5)6)79(77(80)87,74(84)68-64-60-56-52-48-44-40-36-32-28-24-20-16-12-8-2)78(88)82(75(85)69-65-61-57-53-49-45-41-37-33-29-25-21-17-13-9-3)76(86)70-66-62-58-54-50-46-42-38-34-30-26-22-18-14-10-4/h23-30,35-42,72H,7-22,31-34,43-71H2,1-6H3,(H2,80,87)/b27-23-,28-24-,29-25-,30-26-,39-35-,40-36-,41-37-,42-38-. The molecule has 0 rings (SSSR count). The minimum atomic E-state index is -2.73. The van der Waals surface area contributed by atoms with E-state index in [0.29, 0.717) is 37.0 Å². The Hall–Kier alpha value is -4.50. The van der Waals surface area contributed by atoms with Gasteiger partial charge < -0.3 is 10.6 Å². The van der Waals surface area contributed by atoms with Crippen molar-refractivity contribution >= 4 is 35.2 Å². The molecule has 0 aliphatic heterocycles. The number of imide groups is 3. The molecule has 9 heteroatoms. The maximum absolute atomic E-state index is 15.7. The third kappa shape index (κ3) is 45.7. The summed E-state index contributed by atoms with van der Waals surface area (Å²) < 4.78 is 0. The van der Waals surface area contributed by atoms with Crippen LogP contribution in [0.25, 0.3) is 0 Å². The van der Waals surface area contributed by atoms with Crippen molar-refractivity contribution in [2.45, 2.75) is 336 Å². The van der Waals surface area contributed by atoms with E-state index in [9.17, 15) is 19.2 Å². The average Bonchev–Trinajstić information content (AvgIpc) is 1.39. The molecule has 2 N–H and O–H groups in total. The van der Waals surface area contributed by atoms with E-state index in [-0.39, 0.29) is 32.2 Å². The van der Waals surface area contributed by atoms with Crippen molar-refractivity contribution in [3.05, 3.63) is 97.2 Å². The number of amides is 4. The van der Waals surface area contributed by atoms with Crippen LogP contribution in [0, 0.1) is 11.3 Å². The Morgan fingerprint density at radius 2 is 0.580 bits per heavy atom. The van der Waals surface area contributed by atoms with Crippen molar-refractivity contribution in [3.63, 3.8) is 0 Å². The van der Waals surface area contributed by atoms with E-state index in [1.165, 1.54) is 77.0 Å². The van der Waals surface area contributed by atoms with Gasteiger partial charge in [0.2, 0.25) is 17.7 Å². The lowest BCUT2D eigenvalue weighted by atomic mass is 9.66. The fraction of sp³-hybridized carbons (Fsp3) is 0.722. The van der Waals surface area contributed by atoms with Gasteiger partial charge in [0, 0.05) is 32.2 Å². The smallest absolute Gasteiger partial charge is 0.260 e. The van der Waals surface area contributed by atoms with Crippen LogP contribution in [0.3, 0.4) is 0 Å². The molecule has 0 aromatic carbocycles. The predicted molar refractivity (Wildman–Crippen MR) is 378 cm³/mol. The Bertz CT molecular complexity index is 1930. The SMILES string of the molecule is CCCCC/C=C\C/C=C\CCCCCCCC(=O)C(CN(C)C)C(C(N)=O)(C(=O)CCCCCCC/C=C\C/C=C\CCCCC)C(=O)N(C(=O)CCCCCCC/C=C\C/C=C\CCCCC)C(=O)CCCCCCC/C=C\C/C=C\CCCCC. The number of primary amides is 1. The monoisotopic (exact) mass is 1220 g/mol. The van der Waals surface area contributed by atoms with Crippen LogP contribution in [0.1, 0.15) is 336 Å². The van der Waals surface area contributed by atoms with Crippen LogP contribution in [-0.4, -0.2) is 65.6 Å². The maximum Gasteiger partial charge on any atom is 0.260 e. The molecule has 0 aliphatic carbocycles. The average molecular weight is 1220 g/mol. The molecular formula is C79H135N3O6. The second-order valence-electron chi connectivity index (χ2n) is 25.2. The van der Waals surface area contributed by atoms with Crippen molar-refractivity contribution in [2.75, 3.05) is 20.6 Å². The molecule has 9 nitrogen and oxygen atoms in total. The quantitative estimate of drug-likeness (QED) is 0.0364. The van der Waals surface area contributed by atoms with Gasteiger partial charge in [-0.2, -0.15) is 0 Å². The summed E-state index contributed by atoms with van der Waals surface area (Å²) in [5.41, 5.74) is 3.68. The number of Topliss-reactive ketones (excluding diaryl/α,β-unsaturated/α-hetero) is 2. The lowest BCUT2D eigenvalue weighted by Crippen LogP contribution is -2.64. The van der Waals surface area contributed by atoms with Gasteiger partial charge in [0.25, 0.3) is 5.91 Å². The fourth-order valence-corrected chi connectivity index (χ4v) is 11.2. The van der Waals surface area contributed by atoms with E-state index in [2.05, 4.69) is 125 Å². The number of hydrogen-bond acceptors (Lipinski definition) is 7. The number of rotatable bonds is 63. The van der Waals surface area contributed by atoms with Crippen LogP contribution in [-0.2, 0) is 28.8 Å². The first-order chi connectivity index (χ1) is 43.0. The Morgan fingerprint density at radius 3 is 0.852 bits per heavy atom. The molecule has 88 heavy (non-hydrogen) atoms. The van der Waals surface area contributed by atoms with Crippen LogP contribution < -0.4 is 5.73 Å². The lowest BCUT2D eigenvalue weighted by Gasteiger charge is -2.38. The number of carbonyl (C=O) groups excluding carboxylic acids is 6. The molecule has 0 radical (unpaired) electrons. The lowest BCUT2D eigenvalue weighted by molar-refractivity contribution is -0.169. The van der Waals surface area contributed by atoms with Gasteiger partial charge in [0.1, 0.15) is 5.78 Å². The summed E-state index contributed by atoms with van der Waals surface area (Å²) in [5.74, 6) is -6.61. The van der Waals surface area contributed by atoms with Crippen LogP contribution in [0.4, 0.5) is 0 Å². The van der Waals surface area contributed by atoms with E-state index >= 15 is 9.59 Å². The molecule has 0 bridgehead atoms. The Labute approximate surface area is 542 Å². The number of carbonyl (C=O) groups is 6. The van der Waals surface area contributed by atoms with Crippen molar-refractivity contribution in [1.82, 2.24) is 9.80 Å². The van der Waals surface area contributed by atoms with E-state index in [1.807, 2.05) is 0 Å². The van der Waals surface area contributed by atoms with Gasteiger partial charge in [-0.1, -0.05) is 253 Å². The summed E-state index contributed by atoms with van der Waals surface area (Å²) in [5, 5.41) is 0. The van der Waals surface area contributed by atoms with E-state index in [4.69, 9.17) is 5.73 Å². The molecule has 2 unspecified atom stereocenters. The Morgan fingerprint density at radius 1 is 0.330 bits per heavy atom. The first kappa shape index (κ1) is 83.5. The number of unbranched alkanes of at least 4 members (excludes halogenated alkanes) is 32. The van der Waals surface area contributed by atoms with Gasteiger partial charge in [-0.3, -0.25) is 28.8 Å². The molecule has 2 atom stereocenters. The molecule has 0 aromatic rings. The predicted octanol–water partition coefficient (Wildman–Crippen LogP) is 21.9. The highest BCUT2D eigenvalue weighted by atomic mass is 16.2. The third-order valence-corrected chi connectivity index (χ3v) is 16.7. The first-order valence-corrected chi connectivity index (χ1v) is 36.6. The summed E-state index contributed by atoms with van der Waals surface area (Å²) in [7, 11) is 3.48. The van der Waals surface area contributed by atoms with Crippen molar-refractivity contribution in [1.29, 1.82) is 0 Å². The van der Waals surface area contributed by atoms with Gasteiger partial charge in [0.15, 0.2) is 11.2 Å². The minimum Gasteiger partial charge on any atom is -0.368 e. The summed E-state index contributed by atoms with van der Waals surface area (Å²) in [6.07, 6.45) is 78.9. The molecule has 0 fully saturated rings. The number of hydrogen-bond donors (Lipinski definition) is 1. The first-order valence-electron chi connectivity index (χ1n) is 36.6. The zero-order valence-electron chi connectivity index (χ0n) is 57.9. The maximum atomic E-state index is 15.7. The molecule has 0 heterocycles. The van der Waals surface area contributed by atoms with Gasteiger partial charge in [-0.05, 0) is 168 Å². The zero-order chi connectivity index (χ0) is 64.7. The third-order valence-electron chi connectivity index (χ3n) is 16.7. The van der Waals surface area contributed by atoms with Crippen LogP contribution in [0.5, 0.6) is 0 Å². The summed E-state index contributed by atoms with van der Waals surface area (Å²) in [6.45, 7) is 8.77. The highest BCUT2D eigenvalue weighted by Crippen LogP contribution is 2.37. The number of allylic oxidation sites excluding steroid dienone is 16. The molecule has 0 aliphatic rings. The highest BCUT2D eigenvalue weighted by molar-refractivity contribution is 6.30. The summed E-state index contributed by atoms with van der Waals surface area (Å²) >= 11 is 0. The largest absolute Gasteiger partial charge is 0.368 e. The number of nitrogens with zero attached hydrogens (tertiary/aromatic N) is 2. The second-order valence-corrected chi connectivity index (χ2v) is 25.2. The van der Waals surface area contributed by atoms with Gasteiger partial charge in [-0.25, -0.2) is 4.90 Å². The highest BCUT2D eigenvalue weighted by Gasteiger charge is 2.61. The molecular weight excluding hydrogens is 1090 g/mol. The number of nitrogens with two attached hydrogens (primary N) is 1. The molecule has 0 aromatic heterocycles. The van der Waals surface area contributed by atoms with Crippen LogP contribution >= 0.6 is 0 Å². The Kier molecular flexibility index (Phi) is 59.5. The summed E-state index contributed by atoms with van der Waals surface area (Å²) in [6, 6.07) is 0. The molecule has 502 valence electrons. The van der Waals surface area contributed by atoms with Gasteiger partial charge in [0.05, 0.1) is 5.92 Å². The topological polar surface area (TPSA) is 135 Å². The Balaban J connectivity index is 6.52. The minimum absolute atomic E-state index is 0.0438. The van der Waals surface area contributed by atoms with Crippen LogP contribution in [0.2, 0.25) is 0 Å². The fourth-order valence-electron chi connectivity index (χ4n) is 11.2. The molecule has 4 amide bonds. The second kappa shape index (κ2) is 62.7. The van der Waals surface area contributed by atoms with Crippen molar-refractivity contribution < 1.29 is 28.8 Å². The summed E-state index contributed by atoms with van der Waals surface area (Å²) in [4.78, 5) is 91.9.